The van der Waals surface area contributed by atoms with Crippen LogP contribution in [0.2, 0.25) is 0 Å². The summed E-state index contributed by atoms with van der Waals surface area (Å²) >= 11 is 0. The maximum Gasteiger partial charge on any atom is 0.277 e. The summed E-state index contributed by atoms with van der Waals surface area (Å²) in [6.07, 6.45) is 0. The van der Waals surface area contributed by atoms with E-state index in [1.807, 2.05) is 0 Å². The Morgan fingerprint density at radius 1 is 1.08 bits per heavy atom. The molecule has 2 aromatic rings. The first-order chi connectivity index (χ1) is 11.5. The fourth-order valence-electron chi connectivity index (χ4n) is 1.96. The lowest BCUT2D eigenvalue weighted by Crippen LogP contribution is -2.26. The molecule has 0 aliphatic rings. The van der Waals surface area contributed by atoms with Crippen LogP contribution in [0, 0.1) is 11.6 Å². The minimum absolute atomic E-state index is 0.0104. The lowest BCUT2D eigenvalue weighted by Gasteiger charge is -2.09. The number of nitrogens with one attached hydrogen (secondary N) is 1. The number of ether oxygens (including phenoxy) is 2. The number of benzene rings is 2. The average molecular weight is 334 g/mol. The SMILES string of the molecule is COc1ccccc1OCC(=O)N/N=C(/C)c1c(F)cccc1F. The van der Waals surface area contributed by atoms with Crippen LogP contribution in [-0.4, -0.2) is 25.3 Å². The van der Waals surface area contributed by atoms with Gasteiger partial charge in [-0.3, -0.25) is 4.79 Å². The molecule has 0 radical (unpaired) electrons. The lowest BCUT2D eigenvalue weighted by atomic mass is 10.1. The summed E-state index contributed by atoms with van der Waals surface area (Å²) in [7, 11) is 1.48. The van der Waals surface area contributed by atoms with Crippen LogP contribution in [0.5, 0.6) is 11.5 Å². The van der Waals surface area contributed by atoms with Crippen LogP contribution in [-0.2, 0) is 4.79 Å². The molecule has 0 saturated carbocycles. The van der Waals surface area contributed by atoms with Crippen LogP contribution in [0.3, 0.4) is 0 Å². The Labute approximate surface area is 137 Å². The Morgan fingerprint density at radius 3 is 2.33 bits per heavy atom. The smallest absolute Gasteiger partial charge is 0.277 e. The van der Waals surface area contributed by atoms with Crippen molar-refractivity contribution in [3.05, 3.63) is 59.7 Å². The molecular weight excluding hydrogens is 318 g/mol. The first kappa shape index (κ1) is 17.4. The third-order valence-corrected chi connectivity index (χ3v) is 3.10. The van der Waals surface area contributed by atoms with Crippen molar-refractivity contribution >= 4 is 11.6 Å². The number of para-hydroxylation sites is 2. The van der Waals surface area contributed by atoms with Crippen molar-refractivity contribution in [2.75, 3.05) is 13.7 Å². The Balaban J connectivity index is 1.97. The topological polar surface area (TPSA) is 59.9 Å². The van der Waals surface area contributed by atoms with Crippen molar-refractivity contribution in [1.82, 2.24) is 5.43 Å². The summed E-state index contributed by atoms with van der Waals surface area (Å²) < 4.78 is 37.6. The van der Waals surface area contributed by atoms with Gasteiger partial charge >= 0.3 is 0 Å². The molecular formula is C17H16F2N2O3. The van der Waals surface area contributed by atoms with Crippen molar-refractivity contribution in [1.29, 1.82) is 0 Å². The van der Waals surface area contributed by atoms with Crippen molar-refractivity contribution < 1.29 is 23.0 Å². The number of halogens is 2. The highest BCUT2D eigenvalue weighted by molar-refractivity contribution is 5.99. The average Bonchev–Trinajstić information content (AvgIpc) is 2.58. The summed E-state index contributed by atoms with van der Waals surface area (Å²) in [4.78, 5) is 11.8. The van der Waals surface area contributed by atoms with E-state index in [9.17, 15) is 13.6 Å². The molecule has 0 aliphatic heterocycles. The maximum absolute atomic E-state index is 13.6. The quantitative estimate of drug-likeness (QED) is 0.653. The lowest BCUT2D eigenvalue weighted by molar-refractivity contribution is -0.123. The molecule has 24 heavy (non-hydrogen) atoms. The van der Waals surface area contributed by atoms with Gasteiger partial charge in [0.15, 0.2) is 18.1 Å². The number of rotatable bonds is 6. The fraction of sp³-hybridized carbons (Fsp3) is 0.176. The molecule has 0 bridgehead atoms. The molecule has 0 fully saturated rings. The highest BCUT2D eigenvalue weighted by Crippen LogP contribution is 2.25. The second kappa shape index (κ2) is 8.05. The molecule has 0 spiro atoms. The van der Waals surface area contributed by atoms with Gasteiger partial charge in [0, 0.05) is 0 Å². The van der Waals surface area contributed by atoms with Crippen molar-refractivity contribution in [3.8, 4) is 11.5 Å². The monoisotopic (exact) mass is 334 g/mol. The summed E-state index contributed by atoms with van der Waals surface area (Å²) in [5.74, 6) is -1.20. The van der Waals surface area contributed by atoms with E-state index in [-0.39, 0.29) is 17.9 Å². The molecule has 2 rings (SSSR count). The predicted molar refractivity (Wildman–Crippen MR) is 85.2 cm³/mol. The van der Waals surface area contributed by atoms with E-state index in [1.165, 1.54) is 20.1 Å². The van der Waals surface area contributed by atoms with Gasteiger partial charge in [0.05, 0.1) is 18.4 Å². The van der Waals surface area contributed by atoms with Crippen LogP contribution in [0.25, 0.3) is 0 Å². The van der Waals surface area contributed by atoms with Gasteiger partial charge in [-0.1, -0.05) is 18.2 Å². The van der Waals surface area contributed by atoms with Gasteiger partial charge < -0.3 is 9.47 Å². The van der Waals surface area contributed by atoms with E-state index in [2.05, 4.69) is 10.5 Å². The molecule has 1 amide bonds. The van der Waals surface area contributed by atoms with Crippen LogP contribution < -0.4 is 14.9 Å². The predicted octanol–water partition coefficient (Wildman–Crippen LogP) is 2.89. The van der Waals surface area contributed by atoms with Gasteiger partial charge in [-0.25, -0.2) is 14.2 Å². The number of nitrogens with zero attached hydrogens (tertiary/aromatic N) is 1. The summed E-state index contributed by atoms with van der Waals surface area (Å²) in [6.45, 7) is 1.07. The van der Waals surface area contributed by atoms with E-state index in [4.69, 9.17) is 9.47 Å². The molecule has 0 aliphatic carbocycles. The molecule has 5 nitrogen and oxygen atoms in total. The number of hydrogen-bond donors (Lipinski definition) is 1. The van der Waals surface area contributed by atoms with Crippen LogP contribution >= 0.6 is 0 Å². The zero-order chi connectivity index (χ0) is 17.5. The van der Waals surface area contributed by atoms with E-state index < -0.39 is 17.5 Å². The normalized spacial score (nSPS) is 11.1. The maximum atomic E-state index is 13.6. The van der Waals surface area contributed by atoms with Gasteiger partial charge in [0.1, 0.15) is 11.6 Å². The van der Waals surface area contributed by atoms with Crippen LogP contribution in [0.1, 0.15) is 12.5 Å². The van der Waals surface area contributed by atoms with E-state index in [0.717, 1.165) is 12.1 Å². The fourth-order valence-corrected chi connectivity index (χ4v) is 1.96. The number of hydrazone groups is 1. The Morgan fingerprint density at radius 2 is 1.71 bits per heavy atom. The number of amides is 1. The van der Waals surface area contributed by atoms with Crippen molar-refractivity contribution in [3.63, 3.8) is 0 Å². The molecule has 0 atom stereocenters. The van der Waals surface area contributed by atoms with Crippen molar-refractivity contribution in [2.45, 2.75) is 6.92 Å². The molecule has 2 aromatic carbocycles. The second-order valence-electron chi connectivity index (χ2n) is 4.77. The number of carbonyl (C=O) groups excluding carboxylic acids is 1. The third-order valence-electron chi connectivity index (χ3n) is 3.10. The number of methoxy groups -OCH3 is 1. The number of carbonyl (C=O) groups is 1. The van der Waals surface area contributed by atoms with Crippen molar-refractivity contribution in [2.24, 2.45) is 5.10 Å². The summed E-state index contributed by atoms with van der Waals surface area (Å²) in [6, 6.07) is 10.3. The standard InChI is InChI=1S/C17H16F2N2O3/c1-11(17-12(18)6-5-7-13(17)19)20-21-16(22)10-24-15-9-4-3-8-14(15)23-2/h3-9H,10H2,1-2H3,(H,21,22)/b20-11-. The minimum atomic E-state index is -0.754. The Hall–Kier alpha value is -2.96. The molecule has 1 N–H and O–H groups in total. The van der Waals surface area contributed by atoms with Gasteiger partial charge in [0.25, 0.3) is 5.91 Å². The highest BCUT2D eigenvalue weighted by atomic mass is 19.1. The van der Waals surface area contributed by atoms with Gasteiger partial charge in [-0.05, 0) is 31.2 Å². The molecule has 126 valence electrons. The zero-order valence-electron chi connectivity index (χ0n) is 13.2. The van der Waals surface area contributed by atoms with E-state index >= 15 is 0 Å². The van der Waals surface area contributed by atoms with Gasteiger partial charge in [-0.2, -0.15) is 5.10 Å². The first-order valence-electron chi connectivity index (χ1n) is 7.06. The Bertz CT molecular complexity index is 743. The van der Waals surface area contributed by atoms with Gasteiger partial charge in [-0.15, -0.1) is 0 Å². The van der Waals surface area contributed by atoms with Gasteiger partial charge in [0.2, 0.25) is 0 Å². The van der Waals surface area contributed by atoms with E-state index in [1.54, 1.807) is 24.3 Å². The Kier molecular flexibility index (Phi) is 5.83. The summed E-state index contributed by atoms with van der Waals surface area (Å²) in [5.41, 5.74) is 1.91. The summed E-state index contributed by atoms with van der Waals surface area (Å²) in [5, 5.41) is 3.70. The van der Waals surface area contributed by atoms with Crippen LogP contribution in [0.4, 0.5) is 8.78 Å². The van der Waals surface area contributed by atoms with Crippen LogP contribution in [0.15, 0.2) is 47.6 Å². The highest BCUT2D eigenvalue weighted by Gasteiger charge is 2.12. The number of hydrogen-bond acceptors (Lipinski definition) is 4. The molecule has 0 saturated heterocycles. The largest absolute Gasteiger partial charge is 0.493 e. The molecule has 0 aromatic heterocycles. The molecule has 0 heterocycles. The second-order valence-corrected chi connectivity index (χ2v) is 4.77. The van der Waals surface area contributed by atoms with E-state index in [0.29, 0.717) is 11.5 Å². The minimum Gasteiger partial charge on any atom is -0.493 e. The molecule has 7 heteroatoms. The zero-order valence-corrected chi connectivity index (χ0v) is 13.2. The third kappa shape index (κ3) is 4.28. The molecule has 0 unspecified atom stereocenters. The first-order valence-corrected chi connectivity index (χ1v) is 7.06.